The molecule has 0 unspecified atom stereocenters. The predicted octanol–water partition coefficient (Wildman–Crippen LogP) is 6.54. The summed E-state index contributed by atoms with van der Waals surface area (Å²) in [5, 5.41) is 18.3. The van der Waals surface area contributed by atoms with E-state index in [2.05, 4.69) is 9.97 Å². The summed E-state index contributed by atoms with van der Waals surface area (Å²) in [6.45, 7) is -1.16. The number of imidazole rings is 1. The van der Waals surface area contributed by atoms with Crippen LogP contribution in [0.5, 0.6) is 5.88 Å². The highest BCUT2D eigenvalue weighted by atomic mass is 19.3. The molecule has 2 aromatic heterocycles. The molecule has 45 heavy (non-hydrogen) atoms. The van der Waals surface area contributed by atoms with Crippen LogP contribution in [0.2, 0.25) is 0 Å². The molecule has 0 atom stereocenters. The highest BCUT2D eigenvalue weighted by Gasteiger charge is 2.19. The molecular formula is C32H23F5N4O4. The van der Waals surface area contributed by atoms with Crippen LogP contribution < -0.4 is 4.74 Å². The number of halogens is 5. The zero-order chi connectivity index (χ0) is 32.1. The molecule has 3 aromatic carbocycles. The van der Waals surface area contributed by atoms with Crippen molar-refractivity contribution in [1.29, 1.82) is 5.26 Å². The first kappa shape index (κ1) is 31.1. The molecule has 0 aliphatic heterocycles. The molecule has 2 heterocycles. The third-order valence-electron chi connectivity index (χ3n) is 6.82. The van der Waals surface area contributed by atoms with Gasteiger partial charge in [0.1, 0.15) is 36.5 Å². The summed E-state index contributed by atoms with van der Waals surface area (Å²) in [5.41, 5.74) is 0.865. The Kier molecular flexibility index (Phi) is 9.34. The van der Waals surface area contributed by atoms with Crippen molar-refractivity contribution in [2.75, 3.05) is 13.2 Å². The Labute approximate surface area is 252 Å². The van der Waals surface area contributed by atoms with Crippen LogP contribution in [0.1, 0.15) is 32.9 Å². The molecule has 0 amide bonds. The monoisotopic (exact) mass is 622 g/mol. The lowest BCUT2D eigenvalue weighted by molar-refractivity contribution is 0.0148. The topological polar surface area (TPSA) is 110 Å². The first-order valence-corrected chi connectivity index (χ1v) is 13.5. The van der Waals surface area contributed by atoms with Gasteiger partial charge in [0.15, 0.2) is 0 Å². The van der Waals surface area contributed by atoms with E-state index in [1.807, 2.05) is 6.07 Å². The van der Waals surface area contributed by atoms with Gasteiger partial charge in [-0.05, 0) is 54.1 Å². The fourth-order valence-electron chi connectivity index (χ4n) is 4.64. The molecule has 1 N–H and O–H groups in total. The minimum Gasteiger partial charge on any atom is -0.478 e. The Balaban J connectivity index is 1.39. The average Bonchev–Trinajstić information content (AvgIpc) is 3.36. The van der Waals surface area contributed by atoms with Gasteiger partial charge in [0, 0.05) is 30.2 Å². The van der Waals surface area contributed by atoms with Crippen LogP contribution in [0.25, 0.3) is 22.3 Å². The maximum atomic E-state index is 15.4. The van der Waals surface area contributed by atoms with E-state index in [1.54, 1.807) is 0 Å². The van der Waals surface area contributed by atoms with Crippen molar-refractivity contribution in [2.45, 2.75) is 26.0 Å². The van der Waals surface area contributed by atoms with Crippen LogP contribution in [0, 0.1) is 28.8 Å². The van der Waals surface area contributed by atoms with Gasteiger partial charge < -0.3 is 19.1 Å². The molecule has 0 aliphatic rings. The zero-order valence-electron chi connectivity index (χ0n) is 23.3. The second kappa shape index (κ2) is 13.5. The number of carboxylic acid groups (broad SMARTS) is 1. The van der Waals surface area contributed by atoms with Crippen molar-refractivity contribution in [1.82, 2.24) is 14.5 Å². The van der Waals surface area contributed by atoms with Gasteiger partial charge in [0.25, 0.3) is 6.43 Å². The molecular weight excluding hydrogens is 599 g/mol. The second-order valence-corrected chi connectivity index (χ2v) is 9.82. The van der Waals surface area contributed by atoms with Gasteiger partial charge >= 0.3 is 5.97 Å². The molecule has 0 fully saturated rings. The minimum absolute atomic E-state index is 0.00684. The fourth-order valence-corrected chi connectivity index (χ4v) is 4.64. The summed E-state index contributed by atoms with van der Waals surface area (Å²) >= 11 is 0. The lowest BCUT2D eigenvalue weighted by atomic mass is 10.0. The molecule has 0 spiro atoms. The van der Waals surface area contributed by atoms with Crippen molar-refractivity contribution in [2.24, 2.45) is 0 Å². The maximum absolute atomic E-state index is 15.4. The van der Waals surface area contributed by atoms with Gasteiger partial charge in [0.2, 0.25) is 5.88 Å². The van der Waals surface area contributed by atoms with Crippen molar-refractivity contribution < 1.29 is 41.3 Å². The Bertz CT molecular complexity index is 1920. The molecule has 5 rings (SSSR count). The number of nitrogens with zero attached hydrogens (tertiary/aromatic N) is 4. The summed E-state index contributed by atoms with van der Waals surface area (Å²) in [6, 6.07) is 16.3. The number of aromatic carboxylic acids is 1. The number of rotatable bonds is 12. The summed E-state index contributed by atoms with van der Waals surface area (Å²) in [4.78, 5) is 20.2. The fraction of sp³-hybridized carbons (Fsp3) is 0.188. The normalized spacial score (nSPS) is 11.2. The Morgan fingerprint density at radius 2 is 1.76 bits per heavy atom. The molecule has 230 valence electrons. The number of nitriles is 1. The van der Waals surface area contributed by atoms with Crippen molar-refractivity contribution in [3.05, 3.63) is 112 Å². The number of hydrogen-bond acceptors (Lipinski definition) is 6. The number of ether oxygens (including phenoxy) is 2. The Morgan fingerprint density at radius 1 is 0.956 bits per heavy atom. The highest BCUT2D eigenvalue weighted by molar-refractivity contribution is 5.92. The maximum Gasteiger partial charge on any atom is 0.335 e. The quantitative estimate of drug-likeness (QED) is 0.124. The second-order valence-electron chi connectivity index (χ2n) is 9.82. The van der Waals surface area contributed by atoms with Gasteiger partial charge in [-0.2, -0.15) is 5.26 Å². The van der Waals surface area contributed by atoms with E-state index >= 15 is 8.78 Å². The van der Waals surface area contributed by atoms with Gasteiger partial charge in [0.05, 0.1) is 40.5 Å². The van der Waals surface area contributed by atoms with Crippen LogP contribution in [0.4, 0.5) is 22.0 Å². The van der Waals surface area contributed by atoms with Crippen molar-refractivity contribution in [3.63, 3.8) is 0 Å². The number of carbonyl (C=O) groups is 1. The first-order valence-electron chi connectivity index (χ1n) is 13.5. The molecule has 0 bridgehead atoms. The number of aromatic nitrogens is 3. The smallest absolute Gasteiger partial charge is 0.335 e. The predicted molar refractivity (Wildman–Crippen MR) is 151 cm³/mol. The van der Waals surface area contributed by atoms with Crippen molar-refractivity contribution in [3.8, 4) is 23.2 Å². The van der Waals surface area contributed by atoms with Gasteiger partial charge in [-0.15, -0.1) is 0 Å². The number of fused-ring (bicyclic) bond motifs is 1. The molecule has 0 saturated heterocycles. The van der Waals surface area contributed by atoms with Gasteiger partial charge in [-0.25, -0.2) is 36.7 Å². The van der Waals surface area contributed by atoms with Crippen LogP contribution in [-0.2, 0) is 24.3 Å². The minimum atomic E-state index is -2.68. The van der Waals surface area contributed by atoms with Crippen LogP contribution in [0.3, 0.4) is 0 Å². The van der Waals surface area contributed by atoms with Crippen LogP contribution in [0.15, 0.2) is 66.7 Å². The standard InChI is InChI=1S/C32H23F5N4O4/c33-23-10-18(15-38)4-5-20(23)16-45-31-3-1-2-26(40-31)22-14-24(34)21(11-25(22)35)13-30-39-27-7-6-19(32(42)43)12-28(27)41(30)8-9-44-17-29(36)37/h1-7,10-12,14,29H,8-9,13,16-17H2,(H,42,43). The van der Waals surface area contributed by atoms with E-state index < -0.39 is 36.5 Å². The van der Waals surface area contributed by atoms with Crippen LogP contribution >= 0.6 is 0 Å². The number of alkyl halides is 2. The third kappa shape index (κ3) is 7.25. The molecule has 0 radical (unpaired) electrons. The molecule has 5 aromatic rings. The number of carboxylic acids is 1. The largest absolute Gasteiger partial charge is 0.478 e. The summed E-state index contributed by atoms with van der Waals surface area (Å²) < 4.78 is 82.2. The van der Waals surface area contributed by atoms with E-state index in [4.69, 9.17) is 14.7 Å². The van der Waals surface area contributed by atoms with E-state index in [1.165, 1.54) is 53.1 Å². The number of benzene rings is 3. The van der Waals surface area contributed by atoms with Crippen molar-refractivity contribution >= 4 is 17.0 Å². The molecule has 8 nitrogen and oxygen atoms in total. The SMILES string of the molecule is N#Cc1ccc(COc2cccc(-c3cc(F)c(Cc4nc5ccc(C(=O)O)cc5n4CCOCC(F)F)cc3F)n2)c(F)c1. The zero-order valence-corrected chi connectivity index (χ0v) is 23.3. The lowest BCUT2D eigenvalue weighted by Crippen LogP contribution is -2.13. The van der Waals surface area contributed by atoms with E-state index in [0.717, 1.165) is 18.2 Å². The molecule has 0 saturated carbocycles. The Morgan fingerprint density at radius 3 is 2.49 bits per heavy atom. The Hall–Kier alpha value is -5.35. The van der Waals surface area contributed by atoms with Crippen LogP contribution in [-0.4, -0.2) is 45.3 Å². The lowest BCUT2D eigenvalue weighted by Gasteiger charge is -2.12. The van der Waals surface area contributed by atoms with Gasteiger partial charge in [-0.3, -0.25) is 0 Å². The summed E-state index contributed by atoms with van der Waals surface area (Å²) in [7, 11) is 0. The molecule has 0 aliphatic carbocycles. The van der Waals surface area contributed by atoms with E-state index in [9.17, 15) is 23.1 Å². The van der Waals surface area contributed by atoms with E-state index in [-0.39, 0.29) is 71.4 Å². The highest BCUT2D eigenvalue weighted by Crippen LogP contribution is 2.28. The number of pyridine rings is 1. The summed E-state index contributed by atoms with van der Waals surface area (Å²) in [6.07, 6.45) is -2.88. The average molecular weight is 623 g/mol. The summed E-state index contributed by atoms with van der Waals surface area (Å²) in [5.74, 6) is -3.13. The van der Waals surface area contributed by atoms with Gasteiger partial charge in [-0.1, -0.05) is 12.1 Å². The molecule has 13 heteroatoms. The third-order valence-corrected chi connectivity index (χ3v) is 6.82. The first-order chi connectivity index (χ1) is 21.6. The van der Waals surface area contributed by atoms with E-state index in [0.29, 0.717) is 11.0 Å². The number of hydrogen-bond donors (Lipinski definition) is 1.